The Morgan fingerprint density at radius 1 is 1.25 bits per heavy atom. The van der Waals surface area contributed by atoms with Gasteiger partial charge in [0.1, 0.15) is 5.70 Å². The molecule has 1 N–H and O–H groups in total. The van der Waals surface area contributed by atoms with Crippen molar-refractivity contribution in [3.8, 4) is 0 Å². The van der Waals surface area contributed by atoms with Crippen LogP contribution in [0.1, 0.15) is 45.0 Å². The van der Waals surface area contributed by atoms with Gasteiger partial charge < -0.3 is 4.74 Å². The lowest BCUT2D eigenvalue weighted by molar-refractivity contribution is 0.100. The van der Waals surface area contributed by atoms with Gasteiger partial charge in [-0.25, -0.2) is 13.4 Å². The molecule has 0 unspecified atom stereocenters. The molecular formula is C19H25N3O5S. The maximum Gasteiger partial charge on any atom is 0.316 e. The number of sulfonamides is 1. The van der Waals surface area contributed by atoms with Crippen LogP contribution < -0.4 is 4.72 Å². The third-order valence-corrected chi connectivity index (χ3v) is 5.35. The summed E-state index contributed by atoms with van der Waals surface area (Å²) in [6, 6.07) is 5.03. The van der Waals surface area contributed by atoms with Crippen LogP contribution in [0.25, 0.3) is 0 Å². The molecule has 1 rings (SSSR count). The van der Waals surface area contributed by atoms with Crippen molar-refractivity contribution in [2.75, 3.05) is 7.11 Å². The second-order valence-electron chi connectivity index (χ2n) is 6.93. The van der Waals surface area contributed by atoms with E-state index in [0.717, 1.165) is 11.6 Å². The molecule has 0 radical (unpaired) electrons. The van der Waals surface area contributed by atoms with E-state index in [1.54, 1.807) is 13.1 Å². The highest BCUT2D eigenvalue weighted by Gasteiger charge is 2.20. The van der Waals surface area contributed by atoms with E-state index in [-0.39, 0.29) is 27.5 Å². The number of benzene rings is 1. The first kappa shape index (κ1) is 23.2. The van der Waals surface area contributed by atoms with Crippen molar-refractivity contribution in [2.45, 2.75) is 39.5 Å². The molecule has 28 heavy (non-hydrogen) atoms. The number of rotatable bonds is 6. The number of amides is 1. The van der Waals surface area contributed by atoms with Crippen LogP contribution in [0.15, 0.2) is 62.9 Å². The Balaban J connectivity index is 3.24. The van der Waals surface area contributed by atoms with E-state index in [1.807, 2.05) is 27.7 Å². The Bertz CT molecular complexity index is 939. The number of carbonyl (C=O) groups is 1. The van der Waals surface area contributed by atoms with Gasteiger partial charge in [-0.05, 0) is 43.0 Å². The molecule has 0 aromatic heterocycles. The van der Waals surface area contributed by atoms with E-state index in [2.05, 4.69) is 14.9 Å². The van der Waals surface area contributed by atoms with Gasteiger partial charge >= 0.3 is 5.91 Å². The maximum atomic E-state index is 12.7. The minimum Gasteiger partial charge on any atom is -0.480 e. The maximum absolute atomic E-state index is 12.7. The number of nitrogens with zero attached hydrogens (tertiary/aromatic N) is 2. The predicted octanol–water partition coefficient (Wildman–Crippen LogP) is 3.77. The summed E-state index contributed by atoms with van der Waals surface area (Å²) < 4.78 is 33.0. The van der Waals surface area contributed by atoms with E-state index in [1.165, 1.54) is 31.4 Å². The number of aliphatic imine (C=N–C) groups is 1. The Kier molecular flexibility index (Phi) is 7.80. The number of carbonyl (C=O) groups excluding carboxylic acids is 1. The third-order valence-electron chi connectivity index (χ3n) is 3.99. The summed E-state index contributed by atoms with van der Waals surface area (Å²) in [5, 5.41) is 2.30. The molecular weight excluding hydrogens is 382 g/mol. The number of methoxy groups -OCH3 is 1. The van der Waals surface area contributed by atoms with Crippen molar-refractivity contribution in [3.05, 3.63) is 58.3 Å². The van der Waals surface area contributed by atoms with Crippen molar-refractivity contribution >= 4 is 21.8 Å². The summed E-state index contributed by atoms with van der Waals surface area (Å²) in [6.07, 6.45) is 3.12. The van der Waals surface area contributed by atoms with Gasteiger partial charge in [-0.15, -0.1) is 4.91 Å². The van der Waals surface area contributed by atoms with Crippen LogP contribution in [-0.4, -0.2) is 27.3 Å². The van der Waals surface area contributed by atoms with Gasteiger partial charge in [0, 0.05) is 16.9 Å². The van der Waals surface area contributed by atoms with E-state index in [9.17, 15) is 18.1 Å². The minimum absolute atomic E-state index is 0.0801. The first-order chi connectivity index (χ1) is 13.0. The fourth-order valence-electron chi connectivity index (χ4n) is 1.86. The number of ether oxygens (including phenoxy) is 1. The normalized spacial score (nSPS) is 13.9. The number of hydrogen-bond acceptors (Lipinski definition) is 6. The molecule has 8 nitrogen and oxygen atoms in total. The van der Waals surface area contributed by atoms with E-state index in [4.69, 9.17) is 4.74 Å². The summed E-state index contributed by atoms with van der Waals surface area (Å²) in [5.74, 6) is -0.971. The number of allylic oxidation sites excluding steroid dienone is 2. The fourth-order valence-corrected chi connectivity index (χ4v) is 3.01. The van der Waals surface area contributed by atoms with Crippen LogP contribution in [0.2, 0.25) is 0 Å². The summed E-state index contributed by atoms with van der Waals surface area (Å²) in [4.78, 5) is 25.9. The molecule has 0 atom stereocenters. The first-order valence-corrected chi connectivity index (χ1v) is 9.91. The molecule has 0 spiro atoms. The van der Waals surface area contributed by atoms with Crippen molar-refractivity contribution in [2.24, 2.45) is 15.6 Å². The topological polar surface area (TPSA) is 114 Å². The minimum atomic E-state index is -4.05. The quantitative estimate of drug-likeness (QED) is 0.438. The SMILES string of the molecule is C\C=C(NS(=O)(=O)c1cccc(C(=O)N=O)c1)/C(=N\C=C(/C)C(C)(C)C)OC. The molecule has 1 aromatic rings. The van der Waals surface area contributed by atoms with Crippen LogP contribution >= 0.6 is 0 Å². The molecule has 152 valence electrons. The second kappa shape index (κ2) is 9.41. The van der Waals surface area contributed by atoms with E-state index in [0.29, 0.717) is 0 Å². The van der Waals surface area contributed by atoms with Crippen LogP contribution in [0.4, 0.5) is 0 Å². The van der Waals surface area contributed by atoms with Crippen LogP contribution in [0, 0.1) is 10.3 Å². The molecule has 0 aliphatic rings. The summed E-state index contributed by atoms with van der Waals surface area (Å²) in [5.41, 5.74) is 0.889. The Labute approximate surface area is 165 Å². The smallest absolute Gasteiger partial charge is 0.316 e. The Morgan fingerprint density at radius 2 is 1.89 bits per heavy atom. The summed E-state index contributed by atoms with van der Waals surface area (Å²) >= 11 is 0. The largest absolute Gasteiger partial charge is 0.480 e. The zero-order valence-electron chi connectivity index (χ0n) is 16.8. The van der Waals surface area contributed by atoms with Crippen LogP contribution in [0.3, 0.4) is 0 Å². The fraction of sp³-hybridized carbons (Fsp3) is 0.368. The highest BCUT2D eigenvalue weighted by Crippen LogP contribution is 2.24. The van der Waals surface area contributed by atoms with Gasteiger partial charge in [0.15, 0.2) is 0 Å². The lowest BCUT2D eigenvalue weighted by Gasteiger charge is -2.18. The molecule has 0 aliphatic carbocycles. The monoisotopic (exact) mass is 407 g/mol. The van der Waals surface area contributed by atoms with Crippen molar-refractivity contribution in [1.82, 2.24) is 4.72 Å². The first-order valence-electron chi connectivity index (χ1n) is 8.42. The standard InChI is InChI=1S/C19H25N3O5S/c1-7-16(18(27-6)20-12-13(2)19(3,4)5)22-28(25,26)15-10-8-9-14(11-15)17(23)21-24/h7-12,22H,1-6H3/b13-12+,16-7+,20-18+. The average molecular weight is 407 g/mol. The van der Waals surface area contributed by atoms with E-state index >= 15 is 0 Å². The number of nitroso groups, excluding NO2 is 1. The lowest BCUT2D eigenvalue weighted by atomic mass is 9.88. The van der Waals surface area contributed by atoms with Gasteiger partial charge in [0.2, 0.25) is 5.90 Å². The second-order valence-corrected chi connectivity index (χ2v) is 8.62. The molecule has 1 aromatic carbocycles. The average Bonchev–Trinajstić information content (AvgIpc) is 2.65. The summed E-state index contributed by atoms with van der Waals surface area (Å²) in [6.45, 7) is 9.64. The molecule has 9 heteroatoms. The lowest BCUT2D eigenvalue weighted by Crippen LogP contribution is -2.28. The van der Waals surface area contributed by atoms with Crippen molar-refractivity contribution in [1.29, 1.82) is 0 Å². The molecule has 0 saturated heterocycles. The van der Waals surface area contributed by atoms with Gasteiger partial charge in [-0.3, -0.25) is 9.52 Å². The Hall–Kier alpha value is -2.81. The van der Waals surface area contributed by atoms with Gasteiger partial charge in [0.25, 0.3) is 10.0 Å². The third kappa shape index (κ3) is 6.12. The molecule has 0 aliphatic heterocycles. The van der Waals surface area contributed by atoms with Crippen molar-refractivity contribution in [3.63, 3.8) is 0 Å². The van der Waals surface area contributed by atoms with Crippen molar-refractivity contribution < 1.29 is 17.9 Å². The van der Waals surface area contributed by atoms with Gasteiger partial charge in [-0.1, -0.05) is 32.9 Å². The summed E-state index contributed by atoms with van der Waals surface area (Å²) in [7, 11) is -2.67. The zero-order chi connectivity index (χ0) is 21.5. The zero-order valence-corrected chi connectivity index (χ0v) is 17.6. The molecule has 0 saturated carbocycles. The van der Waals surface area contributed by atoms with Crippen LogP contribution in [0.5, 0.6) is 0 Å². The van der Waals surface area contributed by atoms with Gasteiger partial charge in [0.05, 0.1) is 12.0 Å². The predicted molar refractivity (Wildman–Crippen MR) is 108 cm³/mol. The molecule has 0 bridgehead atoms. The molecule has 0 fully saturated rings. The number of hydrogen-bond donors (Lipinski definition) is 1. The van der Waals surface area contributed by atoms with Crippen LogP contribution in [-0.2, 0) is 14.8 Å². The Morgan fingerprint density at radius 3 is 2.39 bits per heavy atom. The highest BCUT2D eigenvalue weighted by atomic mass is 32.2. The van der Waals surface area contributed by atoms with Gasteiger partial charge in [-0.2, -0.15) is 0 Å². The molecule has 0 heterocycles. The number of nitrogens with one attached hydrogen (secondary N) is 1. The molecule has 1 amide bonds. The highest BCUT2D eigenvalue weighted by molar-refractivity contribution is 7.89. The van der Waals surface area contributed by atoms with E-state index < -0.39 is 15.9 Å².